The summed E-state index contributed by atoms with van der Waals surface area (Å²) in [6, 6.07) is 4.34. The molecule has 0 spiro atoms. The van der Waals surface area contributed by atoms with E-state index in [4.69, 9.17) is 0 Å². The Labute approximate surface area is 99.3 Å². The predicted octanol–water partition coefficient (Wildman–Crippen LogP) is 3.42. The van der Waals surface area contributed by atoms with Crippen molar-refractivity contribution in [1.29, 1.82) is 0 Å². The lowest BCUT2D eigenvalue weighted by molar-refractivity contribution is -0.156. The average molecular weight is 236 g/mol. The molecule has 1 heterocycles. The van der Waals surface area contributed by atoms with E-state index >= 15 is 0 Å². The van der Waals surface area contributed by atoms with E-state index in [1.807, 2.05) is 11.3 Å². The van der Waals surface area contributed by atoms with E-state index in [-0.39, 0.29) is 5.41 Å². The average Bonchev–Trinajstić information content (AvgIpc) is 2.85. The van der Waals surface area contributed by atoms with Gasteiger partial charge in [0.15, 0.2) is 0 Å². The molecule has 0 atom stereocenters. The molecule has 0 aliphatic heterocycles. The summed E-state index contributed by atoms with van der Waals surface area (Å²) in [4.78, 5) is 12.8. The monoisotopic (exact) mass is 236 g/mol. The van der Waals surface area contributed by atoms with Crippen molar-refractivity contribution in [3.8, 4) is 0 Å². The molecule has 0 radical (unpaired) electrons. The van der Waals surface area contributed by atoms with E-state index < -0.39 is 5.97 Å². The van der Waals surface area contributed by atoms with Gasteiger partial charge in [-0.1, -0.05) is 6.07 Å². The highest BCUT2D eigenvalue weighted by atomic mass is 32.1. The van der Waals surface area contributed by atoms with Crippen molar-refractivity contribution in [2.24, 2.45) is 5.41 Å². The highest BCUT2D eigenvalue weighted by Gasteiger charge is 2.53. The van der Waals surface area contributed by atoms with Crippen molar-refractivity contribution in [1.82, 2.24) is 0 Å². The van der Waals surface area contributed by atoms with Crippen molar-refractivity contribution in [3.05, 3.63) is 22.4 Å². The molecule has 3 aliphatic carbocycles. The van der Waals surface area contributed by atoms with Crippen LogP contribution in [0.1, 0.15) is 43.4 Å². The number of rotatable bonds is 2. The Morgan fingerprint density at radius 1 is 1.19 bits per heavy atom. The fourth-order valence-corrected chi connectivity index (χ4v) is 4.47. The van der Waals surface area contributed by atoms with Gasteiger partial charge in [0.2, 0.25) is 0 Å². The van der Waals surface area contributed by atoms with Crippen LogP contribution in [0.5, 0.6) is 0 Å². The molecular weight excluding hydrogens is 220 g/mol. The van der Waals surface area contributed by atoms with E-state index in [9.17, 15) is 9.90 Å². The standard InChI is InChI=1S/C13H16O2S/c14-11(15)13-6-3-12(4-7-13,5-8-13)10-2-1-9-16-10/h1-2,9H,3-8H2,(H,14,15). The number of carbonyl (C=O) groups is 1. The van der Waals surface area contributed by atoms with Gasteiger partial charge in [0.05, 0.1) is 5.41 Å². The van der Waals surface area contributed by atoms with Gasteiger partial charge in [-0.15, -0.1) is 11.3 Å². The predicted molar refractivity (Wildman–Crippen MR) is 63.8 cm³/mol. The number of fused-ring (bicyclic) bond motifs is 3. The van der Waals surface area contributed by atoms with Crippen LogP contribution in [-0.4, -0.2) is 11.1 Å². The van der Waals surface area contributed by atoms with Gasteiger partial charge >= 0.3 is 5.97 Å². The van der Waals surface area contributed by atoms with Crippen LogP contribution in [0.2, 0.25) is 0 Å². The van der Waals surface area contributed by atoms with Crippen LogP contribution < -0.4 is 0 Å². The van der Waals surface area contributed by atoms with Gasteiger partial charge in [0.1, 0.15) is 0 Å². The Hall–Kier alpha value is -0.830. The second-order valence-electron chi connectivity index (χ2n) is 5.34. The first kappa shape index (κ1) is 10.3. The zero-order chi connectivity index (χ0) is 11.2. The third-order valence-corrected chi connectivity index (χ3v) is 5.86. The van der Waals surface area contributed by atoms with Crippen LogP contribution >= 0.6 is 11.3 Å². The largest absolute Gasteiger partial charge is 0.481 e. The molecule has 4 rings (SSSR count). The van der Waals surface area contributed by atoms with Crippen LogP contribution in [0.15, 0.2) is 17.5 Å². The first-order chi connectivity index (χ1) is 7.67. The van der Waals surface area contributed by atoms with E-state index in [2.05, 4.69) is 17.5 Å². The molecule has 0 aromatic carbocycles. The summed E-state index contributed by atoms with van der Waals surface area (Å²) in [7, 11) is 0. The number of hydrogen-bond acceptors (Lipinski definition) is 2. The third-order valence-electron chi connectivity index (χ3n) is 4.74. The first-order valence-corrected chi connectivity index (χ1v) is 6.82. The van der Waals surface area contributed by atoms with Crippen LogP contribution in [-0.2, 0) is 10.2 Å². The Kier molecular flexibility index (Phi) is 2.15. The highest BCUT2D eigenvalue weighted by Crippen LogP contribution is 2.58. The number of hydrogen-bond donors (Lipinski definition) is 1. The zero-order valence-corrected chi connectivity index (χ0v) is 10.1. The molecule has 3 heteroatoms. The number of aliphatic carboxylic acids is 1. The Bertz CT molecular complexity index is 383. The molecule has 0 amide bonds. The fraction of sp³-hybridized carbons (Fsp3) is 0.615. The van der Waals surface area contributed by atoms with Gasteiger partial charge in [-0.3, -0.25) is 4.79 Å². The topological polar surface area (TPSA) is 37.3 Å². The normalized spacial score (nSPS) is 37.5. The van der Waals surface area contributed by atoms with Crippen molar-refractivity contribution >= 4 is 17.3 Å². The minimum absolute atomic E-state index is 0.325. The zero-order valence-electron chi connectivity index (χ0n) is 9.24. The molecule has 3 saturated carbocycles. The van der Waals surface area contributed by atoms with Crippen LogP contribution in [0.25, 0.3) is 0 Å². The minimum Gasteiger partial charge on any atom is -0.481 e. The summed E-state index contributed by atoms with van der Waals surface area (Å²) >= 11 is 1.84. The van der Waals surface area contributed by atoms with Gasteiger partial charge in [-0.25, -0.2) is 0 Å². The molecule has 3 aliphatic rings. The second kappa shape index (κ2) is 3.33. The molecule has 0 unspecified atom stereocenters. The molecule has 1 N–H and O–H groups in total. The fourth-order valence-electron chi connectivity index (χ4n) is 3.46. The molecular formula is C13H16O2S. The maximum absolute atomic E-state index is 11.3. The highest BCUT2D eigenvalue weighted by molar-refractivity contribution is 7.10. The summed E-state index contributed by atoms with van der Waals surface area (Å²) in [5.41, 5.74) is -0.0512. The van der Waals surface area contributed by atoms with Crippen LogP contribution in [0, 0.1) is 5.41 Å². The molecule has 3 fully saturated rings. The van der Waals surface area contributed by atoms with Crippen molar-refractivity contribution < 1.29 is 9.90 Å². The molecule has 1 aromatic rings. The summed E-state index contributed by atoms with van der Waals surface area (Å²) in [5.74, 6) is -0.563. The lowest BCUT2D eigenvalue weighted by atomic mass is 9.53. The SMILES string of the molecule is O=C(O)C12CCC(c3cccs3)(CC1)CC2. The number of thiophene rings is 1. The molecule has 86 valence electrons. The van der Waals surface area contributed by atoms with E-state index in [0.29, 0.717) is 5.41 Å². The lowest BCUT2D eigenvalue weighted by Gasteiger charge is -2.51. The number of carboxylic acid groups (broad SMARTS) is 1. The summed E-state index contributed by atoms with van der Waals surface area (Å²) in [6.45, 7) is 0. The van der Waals surface area contributed by atoms with Gasteiger partial charge in [0, 0.05) is 10.3 Å². The van der Waals surface area contributed by atoms with Gasteiger partial charge in [-0.05, 0) is 50.0 Å². The molecule has 16 heavy (non-hydrogen) atoms. The van der Waals surface area contributed by atoms with Gasteiger partial charge in [-0.2, -0.15) is 0 Å². The van der Waals surface area contributed by atoms with E-state index in [0.717, 1.165) is 38.5 Å². The summed E-state index contributed by atoms with van der Waals surface area (Å²) in [6.07, 6.45) is 5.83. The van der Waals surface area contributed by atoms with Crippen molar-refractivity contribution in [2.45, 2.75) is 43.9 Å². The smallest absolute Gasteiger partial charge is 0.309 e. The summed E-state index contributed by atoms with van der Waals surface area (Å²) < 4.78 is 0. The van der Waals surface area contributed by atoms with Crippen LogP contribution in [0.4, 0.5) is 0 Å². The lowest BCUT2D eigenvalue weighted by Crippen LogP contribution is -2.47. The van der Waals surface area contributed by atoms with E-state index in [1.54, 1.807) is 0 Å². The maximum atomic E-state index is 11.3. The molecule has 0 saturated heterocycles. The van der Waals surface area contributed by atoms with Crippen LogP contribution in [0.3, 0.4) is 0 Å². The van der Waals surface area contributed by atoms with Gasteiger partial charge < -0.3 is 5.11 Å². The van der Waals surface area contributed by atoms with Crippen molar-refractivity contribution in [2.75, 3.05) is 0 Å². The first-order valence-electron chi connectivity index (χ1n) is 5.94. The third kappa shape index (κ3) is 1.27. The Morgan fingerprint density at radius 2 is 1.81 bits per heavy atom. The minimum atomic E-state index is -0.563. The van der Waals surface area contributed by atoms with Gasteiger partial charge in [0.25, 0.3) is 0 Å². The summed E-state index contributed by atoms with van der Waals surface area (Å²) in [5, 5.41) is 11.5. The van der Waals surface area contributed by atoms with Crippen molar-refractivity contribution in [3.63, 3.8) is 0 Å². The molecule has 2 nitrogen and oxygen atoms in total. The molecule has 1 aromatic heterocycles. The number of carboxylic acids is 1. The Balaban J connectivity index is 1.89. The van der Waals surface area contributed by atoms with E-state index in [1.165, 1.54) is 4.88 Å². The molecule has 2 bridgehead atoms. The second-order valence-corrected chi connectivity index (χ2v) is 6.29. The maximum Gasteiger partial charge on any atom is 0.309 e. The Morgan fingerprint density at radius 3 is 2.25 bits per heavy atom. The quantitative estimate of drug-likeness (QED) is 0.854.